The Morgan fingerprint density at radius 3 is 2.62 bits per heavy atom. The first-order valence-corrected chi connectivity index (χ1v) is 7.76. The quantitative estimate of drug-likeness (QED) is 0.824. The number of halogens is 3. The Balaban J connectivity index is 2.07. The molecule has 1 saturated carbocycles. The van der Waals surface area contributed by atoms with Crippen molar-refractivity contribution in [1.29, 1.82) is 0 Å². The summed E-state index contributed by atoms with van der Waals surface area (Å²) >= 11 is 0. The average Bonchev–Trinajstić information content (AvgIpc) is 2.68. The molecule has 1 heterocycles. The summed E-state index contributed by atoms with van der Waals surface area (Å²) in [6.45, 7) is 0. The minimum Gasteiger partial charge on any atom is -0.507 e. The Hall–Kier alpha value is -2.09. The molecule has 0 aromatic heterocycles. The second kappa shape index (κ2) is 5.77. The van der Waals surface area contributed by atoms with Crippen LogP contribution in [0.5, 0.6) is 5.75 Å². The third-order valence-electron chi connectivity index (χ3n) is 4.61. The monoisotopic (exact) mass is 342 g/mol. The van der Waals surface area contributed by atoms with E-state index in [1.165, 1.54) is 24.3 Å². The molecule has 1 amide bonds. The summed E-state index contributed by atoms with van der Waals surface area (Å²) in [6, 6.07) is 5.26. The number of hydrogen-bond acceptors (Lipinski definition) is 4. The molecule has 2 aliphatic rings. The minimum absolute atomic E-state index is 0.105. The molecule has 130 valence electrons. The van der Waals surface area contributed by atoms with Gasteiger partial charge in [0.15, 0.2) is 0 Å². The molecule has 1 fully saturated rings. The Morgan fingerprint density at radius 2 is 1.96 bits per heavy atom. The number of nitrogens with zero attached hydrogens (tertiary/aromatic N) is 2. The van der Waals surface area contributed by atoms with E-state index in [0.717, 1.165) is 6.42 Å². The first-order chi connectivity index (χ1) is 11.3. The highest BCUT2D eigenvalue weighted by molar-refractivity contribution is 6.00. The number of carbonyl (C=O) groups excluding carboxylic acids is 1. The van der Waals surface area contributed by atoms with Crippen LogP contribution in [0, 0.1) is 5.92 Å². The van der Waals surface area contributed by atoms with Crippen molar-refractivity contribution >= 4 is 11.6 Å². The van der Waals surface area contributed by atoms with Gasteiger partial charge in [-0.2, -0.15) is 23.3 Å². The number of hydrogen-bond donors (Lipinski definition) is 2. The Morgan fingerprint density at radius 1 is 1.25 bits per heavy atom. The summed E-state index contributed by atoms with van der Waals surface area (Å²) < 4.78 is 41.1. The Kier molecular flexibility index (Phi) is 4.03. The molecule has 0 radical (unpaired) electrons. The number of para-hydroxylation sites is 1. The number of hydrazone groups is 1. The molecule has 0 spiro atoms. The van der Waals surface area contributed by atoms with Gasteiger partial charge in [0, 0.05) is 5.71 Å². The lowest BCUT2D eigenvalue weighted by molar-refractivity contribution is -0.312. The summed E-state index contributed by atoms with van der Waals surface area (Å²) in [5, 5.41) is 24.2. The minimum atomic E-state index is -5.06. The Bertz CT molecular complexity index is 689. The number of amides is 1. The van der Waals surface area contributed by atoms with Crippen molar-refractivity contribution in [2.75, 3.05) is 0 Å². The normalized spacial score (nSPS) is 27.4. The van der Waals surface area contributed by atoms with Crippen LogP contribution in [0.25, 0.3) is 0 Å². The van der Waals surface area contributed by atoms with E-state index in [0.29, 0.717) is 19.3 Å². The second-order valence-corrected chi connectivity index (χ2v) is 6.10. The molecule has 1 aliphatic heterocycles. The molecule has 8 heteroatoms. The van der Waals surface area contributed by atoms with Crippen molar-refractivity contribution in [3.63, 3.8) is 0 Å². The van der Waals surface area contributed by atoms with Crippen molar-refractivity contribution in [1.82, 2.24) is 5.01 Å². The zero-order chi connectivity index (χ0) is 17.5. The van der Waals surface area contributed by atoms with Gasteiger partial charge in [-0.25, -0.2) is 0 Å². The maximum absolute atomic E-state index is 13.7. The predicted molar refractivity (Wildman–Crippen MR) is 79.3 cm³/mol. The highest BCUT2D eigenvalue weighted by atomic mass is 19.4. The van der Waals surface area contributed by atoms with E-state index in [9.17, 15) is 28.2 Å². The van der Waals surface area contributed by atoms with E-state index in [1.54, 1.807) is 0 Å². The zero-order valence-electron chi connectivity index (χ0n) is 12.8. The SMILES string of the molecule is O=C(c1ccccc1O)N1N=C2CCCCC[C@H]2[C@@]1(O)C(F)(F)F. The average molecular weight is 342 g/mol. The molecule has 24 heavy (non-hydrogen) atoms. The lowest BCUT2D eigenvalue weighted by atomic mass is 9.87. The van der Waals surface area contributed by atoms with Crippen molar-refractivity contribution in [2.24, 2.45) is 11.0 Å². The van der Waals surface area contributed by atoms with Crippen LogP contribution < -0.4 is 0 Å². The summed E-state index contributed by atoms with van der Waals surface area (Å²) in [4.78, 5) is 12.6. The topological polar surface area (TPSA) is 73.1 Å². The van der Waals surface area contributed by atoms with E-state index in [4.69, 9.17) is 0 Å². The van der Waals surface area contributed by atoms with Crippen LogP contribution in [-0.4, -0.2) is 38.7 Å². The second-order valence-electron chi connectivity index (χ2n) is 6.10. The fourth-order valence-corrected chi connectivity index (χ4v) is 3.36. The van der Waals surface area contributed by atoms with Gasteiger partial charge in [-0.05, 0) is 31.4 Å². The van der Waals surface area contributed by atoms with Crippen LogP contribution in [0.3, 0.4) is 0 Å². The largest absolute Gasteiger partial charge is 0.507 e. The maximum Gasteiger partial charge on any atom is 0.439 e. The number of alkyl halides is 3. The van der Waals surface area contributed by atoms with Crippen molar-refractivity contribution in [3.8, 4) is 5.75 Å². The van der Waals surface area contributed by atoms with E-state index < -0.39 is 29.5 Å². The number of benzene rings is 1. The summed E-state index contributed by atoms with van der Waals surface area (Å²) in [5.74, 6) is -2.90. The van der Waals surface area contributed by atoms with E-state index >= 15 is 0 Å². The highest BCUT2D eigenvalue weighted by Gasteiger charge is 2.68. The number of aliphatic hydroxyl groups is 1. The number of rotatable bonds is 1. The van der Waals surface area contributed by atoms with Crippen LogP contribution in [0.4, 0.5) is 13.2 Å². The van der Waals surface area contributed by atoms with Crippen LogP contribution in [0.2, 0.25) is 0 Å². The number of aromatic hydroxyl groups is 1. The lowest BCUT2D eigenvalue weighted by Crippen LogP contribution is -2.61. The smallest absolute Gasteiger partial charge is 0.439 e. The van der Waals surface area contributed by atoms with Gasteiger partial charge in [0.2, 0.25) is 0 Å². The van der Waals surface area contributed by atoms with Gasteiger partial charge in [-0.3, -0.25) is 4.79 Å². The van der Waals surface area contributed by atoms with E-state index in [-0.39, 0.29) is 22.7 Å². The first-order valence-electron chi connectivity index (χ1n) is 7.76. The molecule has 2 N–H and O–H groups in total. The third kappa shape index (κ3) is 2.45. The van der Waals surface area contributed by atoms with Gasteiger partial charge in [-0.15, -0.1) is 0 Å². The molecular formula is C16H17F3N2O3. The zero-order valence-corrected chi connectivity index (χ0v) is 12.8. The highest BCUT2D eigenvalue weighted by Crippen LogP contribution is 2.48. The van der Waals surface area contributed by atoms with Crippen LogP contribution >= 0.6 is 0 Å². The molecule has 1 aromatic rings. The summed E-state index contributed by atoms with van der Waals surface area (Å²) in [5.41, 5.74) is -3.52. The fraction of sp³-hybridized carbons (Fsp3) is 0.500. The Labute approximate surface area is 136 Å². The molecule has 0 unspecified atom stereocenters. The molecule has 2 atom stereocenters. The van der Waals surface area contributed by atoms with E-state index in [1.807, 2.05) is 0 Å². The number of phenolic OH excluding ortho intramolecular Hbond substituents is 1. The van der Waals surface area contributed by atoms with Gasteiger partial charge >= 0.3 is 6.18 Å². The molecule has 1 aromatic carbocycles. The van der Waals surface area contributed by atoms with Gasteiger partial charge in [0.25, 0.3) is 11.6 Å². The molecule has 1 aliphatic carbocycles. The molecule has 5 nitrogen and oxygen atoms in total. The summed E-state index contributed by atoms with van der Waals surface area (Å²) in [6.07, 6.45) is -2.68. The maximum atomic E-state index is 13.7. The lowest BCUT2D eigenvalue weighted by Gasteiger charge is -2.37. The van der Waals surface area contributed by atoms with Crippen molar-refractivity contribution in [2.45, 2.75) is 44.0 Å². The molecular weight excluding hydrogens is 325 g/mol. The number of fused-ring (bicyclic) bond motifs is 1. The predicted octanol–water partition coefficient (Wildman–Crippen LogP) is 3.04. The van der Waals surface area contributed by atoms with Gasteiger partial charge in [-0.1, -0.05) is 25.0 Å². The van der Waals surface area contributed by atoms with Crippen LogP contribution in [0.15, 0.2) is 29.4 Å². The molecule has 0 bridgehead atoms. The number of phenols is 1. The third-order valence-corrected chi connectivity index (χ3v) is 4.61. The van der Waals surface area contributed by atoms with E-state index in [2.05, 4.69) is 5.10 Å². The van der Waals surface area contributed by atoms with Gasteiger partial charge in [0.1, 0.15) is 5.75 Å². The number of carbonyl (C=O) groups is 1. The molecule has 3 rings (SSSR count). The first kappa shape index (κ1) is 16.8. The molecule has 0 saturated heterocycles. The van der Waals surface area contributed by atoms with Crippen LogP contribution in [-0.2, 0) is 0 Å². The van der Waals surface area contributed by atoms with Gasteiger partial charge in [0.05, 0.1) is 11.5 Å². The van der Waals surface area contributed by atoms with Crippen molar-refractivity contribution in [3.05, 3.63) is 29.8 Å². The standard InChI is InChI=1S/C16H17F3N2O3/c17-16(18,19)15(24)11-7-2-1-3-8-12(11)20-21(15)14(23)10-6-4-5-9-13(10)22/h4-6,9,11,22,24H,1-3,7-8H2/t11-,15-/m1/s1. The van der Waals surface area contributed by atoms with Gasteiger partial charge < -0.3 is 10.2 Å². The fourth-order valence-electron chi connectivity index (χ4n) is 3.36. The van der Waals surface area contributed by atoms with Crippen molar-refractivity contribution < 1.29 is 28.2 Å². The summed E-state index contributed by atoms with van der Waals surface area (Å²) in [7, 11) is 0. The van der Waals surface area contributed by atoms with Crippen LogP contribution in [0.1, 0.15) is 42.5 Å².